The zero-order valence-electron chi connectivity index (χ0n) is 14.9. The van der Waals surface area contributed by atoms with Crippen LogP contribution in [0.1, 0.15) is 10.4 Å². The van der Waals surface area contributed by atoms with E-state index in [9.17, 15) is 9.59 Å². The molecular weight excluding hydrogens is 332 g/mol. The van der Waals surface area contributed by atoms with Gasteiger partial charge in [0.1, 0.15) is 0 Å². The molecule has 7 nitrogen and oxygen atoms in total. The number of nitrogens with one attached hydrogen (secondary N) is 2. The van der Waals surface area contributed by atoms with Gasteiger partial charge in [-0.1, -0.05) is 0 Å². The van der Waals surface area contributed by atoms with Crippen molar-refractivity contribution in [1.29, 1.82) is 0 Å². The summed E-state index contributed by atoms with van der Waals surface area (Å²) in [6, 6.07) is 10.7. The Bertz CT molecular complexity index is 760. The Labute approximate surface area is 152 Å². The highest BCUT2D eigenvalue weighted by Gasteiger charge is 2.16. The number of methoxy groups -OCH3 is 1. The molecule has 1 amide bonds. The SMILES string of the molecule is COCCN1CCN(c2ccc(NC(=O)c3ccc(=O)[nH]c3)cc2)CC1. The molecule has 1 aromatic heterocycles. The fraction of sp³-hybridized carbons (Fsp3) is 0.368. The normalized spacial score (nSPS) is 15.0. The summed E-state index contributed by atoms with van der Waals surface area (Å²) < 4.78 is 5.13. The van der Waals surface area contributed by atoms with Gasteiger partial charge in [0, 0.05) is 63.5 Å². The van der Waals surface area contributed by atoms with Crippen LogP contribution in [0.4, 0.5) is 11.4 Å². The molecule has 7 heteroatoms. The van der Waals surface area contributed by atoms with Crippen molar-refractivity contribution in [3.63, 3.8) is 0 Å². The first-order valence-electron chi connectivity index (χ1n) is 8.72. The topological polar surface area (TPSA) is 77.7 Å². The van der Waals surface area contributed by atoms with Crippen LogP contribution in [-0.4, -0.2) is 62.2 Å². The molecule has 2 aromatic rings. The zero-order chi connectivity index (χ0) is 18.4. The molecule has 1 fully saturated rings. The lowest BCUT2D eigenvalue weighted by Crippen LogP contribution is -2.47. The zero-order valence-corrected chi connectivity index (χ0v) is 14.9. The summed E-state index contributed by atoms with van der Waals surface area (Å²) >= 11 is 0. The quantitative estimate of drug-likeness (QED) is 0.818. The molecule has 1 saturated heterocycles. The summed E-state index contributed by atoms with van der Waals surface area (Å²) in [5.74, 6) is -0.249. The maximum atomic E-state index is 12.2. The second kappa shape index (κ2) is 8.64. The molecule has 0 bridgehead atoms. The van der Waals surface area contributed by atoms with E-state index in [1.807, 2.05) is 24.3 Å². The van der Waals surface area contributed by atoms with Crippen molar-refractivity contribution in [2.24, 2.45) is 0 Å². The van der Waals surface area contributed by atoms with E-state index in [2.05, 4.69) is 20.1 Å². The predicted molar refractivity (Wildman–Crippen MR) is 102 cm³/mol. The smallest absolute Gasteiger partial charge is 0.257 e. The average Bonchev–Trinajstić information content (AvgIpc) is 2.68. The van der Waals surface area contributed by atoms with Crippen LogP contribution in [-0.2, 0) is 4.74 Å². The molecule has 2 N–H and O–H groups in total. The summed E-state index contributed by atoms with van der Waals surface area (Å²) in [5, 5.41) is 2.84. The molecule has 0 spiro atoms. The number of pyridine rings is 1. The van der Waals surface area contributed by atoms with E-state index >= 15 is 0 Å². The Balaban J connectivity index is 1.54. The number of aromatic nitrogens is 1. The highest BCUT2D eigenvalue weighted by molar-refractivity contribution is 6.04. The monoisotopic (exact) mass is 356 g/mol. The number of ether oxygens (including phenoxy) is 1. The van der Waals surface area contributed by atoms with Crippen LogP contribution in [0.25, 0.3) is 0 Å². The van der Waals surface area contributed by atoms with Gasteiger partial charge in [0.15, 0.2) is 0 Å². The van der Waals surface area contributed by atoms with Crippen LogP contribution in [0, 0.1) is 0 Å². The minimum Gasteiger partial charge on any atom is -0.383 e. The fourth-order valence-electron chi connectivity index (χ4n) is 2.96. The number of carbonyl (C=O) groups excluding carboxylic acids is 1. The molecule has 3 rings (SSSR count). The van der Waals surface area contributed by atoms with Crippen LogP contribution >= 0.6 is 0 Å². The molecular formula is C19H24N4O3. The van der Waals surface area contributed by atoms with Gasteiger partial charge >= 0.3 is 0 Å². The van der Waals surface area contributed by atoms with E-state index in [-0.39, 0.29) is 11.5 Å². The predicted octanol–water partition coefficient (Wildman–Crippen LogP) is 1.40. The highest BCUT2D eigenvalue weighted by Crippen LogP contribution is 2.20. The number of anilines is 2. The maximum absolute atomic E-state index is 12.2. The third-order valence-corrected chi connectivity index (χ3v) is 4.52. The van der Waals surface area contributed by atoms with Crippen LogP contribution in [0.2, 0.25) is 0 Å². The van der Waals surface area contributed by atoms with E-state index in [1.165, 1.54) is 18.3 Å². The molecule has 138 valence electrons. The number of piperazine rings is 1. The van der Waals surface area contributed by atoms with Crippen LogP contribution < -0.4 is 15.8 Å². The van der Waals surface area contributed by atoms with Crippen molar-refractivity contribution in [1.82, 2.24) is 9.88 Å². The van der Waals surface area contributed by atoms with E-state index in [0.29, 0.717) is 5.56 Å². The molecule has 0 radical (unpaired) electrons. The first-order chi connectivity index (χ1) is 12.7. The van der Waals surface area contributed by atoms with Gasteiger partial charge in [-0.15, -0.1) is 0 Å². The molecule has 1 aromatic carbocycles. The number of amides is 1. The number of H-pyrrole nitrogens is 1. The molecule has 0 unspecified atom stereocenters. The van der Waals surface area contributed by atoms with Gasteiger partial charge in [-0.25, -0.2) is 0 Å². The summed E-state index contributed by atoms with van der Waals surface area (Å²) in [5.41, 5.74) is 2.07. The third kappa shape index (κ3) is 4.71. The lowest BCUT2D eigenvalue weighted by molar-refractivity contribution is 0.102. The fourth-order valence-corrected chi connectivity index (χ4v) is 2.96. The lowest BCUT2D eigenvalue weighted by Gasteiger charge is -2.36. The van der Waals surface area contributed by atoms with Crippen LogP contribution in [0.15, 0.2) is 47.4 Å². The highest BCUT2D eigenvalue weighted by atomic mass is 16.5. The number of carbonyl (C=O) groups is 1. The standard InChI is InChI=1S/C19H24N4O3/c1-26-13-12-22-8-10-23(11-9-22)17-5-3-16(4-6-17)21-19(25)15-2-7-18(24)20-14-15/h2-7,14H,8-13H2,1H3,(H,20,24)(H,21,25). The Hall–Kier alpha value is -2.64. The first-order valence-corrected chi connectivity index (χ1v) is 8.72. The van der Waals surface area contributed by atoms with Crippen molar-refractivity contribution >= 4 is 17.3 Å². The van der Waals surface area contributed by atoms with Gasteiger partial charge in [-0.05, 0) is 30.3 Å². The number of hydrogen-bond acceptors (Lipinski definition) is 5. The summed E-state index contributed by atoms with van der Waals surface area (Å²) in [4.78, 5) is 30.5. The molecule has 0 aliphatic carbocycles. The molecule has 1 aliphatic rings. The van der Waals surface area contributed by atoms with Crippen molar-refractivity contribution in [2.75, 3.05) is 56.7 Å². The molecule has 26 heavy (non-hydrogen) atoms. The van der Waals surface area contributed by atoms with Gasteiger partial charge in [0.05, 0.1) is 12.2 Å². The minimum atomic E-state index is -0.249. The number of aromatic amines is 1. The Morgan fingerprint density at radius 1 is 1.12 bits per heavy atom. The number of hydrogen-bond donors (Lipinski definition) is 2. The van der Waals surface area contributed by atoms with Crippen molar-refractivity contribution in [2.45, 2.75) is 0 Å². The number of nitrogens with zero attached hydrogens (tertiary/aromatic N) is 2. The maximum Gasteiger partial charge on any atom is 0.257 e. The van der Waals surface area contributed by atoms with Gasteiger partial charge in [-0.3, -0.25) is 14.5 Å². The molecule has 2 heterocycles. The lowest BCUT2D eigenvalue weighted by atomic mass is 10.2. The van der Waals surface area contributed by atoms with Crippen molar-refractivity contribution in [3.05, 3.63) is 58.5 Å². The molecule has 0 atom stereocenters. The Kier molecular flexibility index (Phi) is 6.04. The Morgan fingerprint density at radius 3 is 2.46 bits per heavy atom. The third-order valence-electron chi connectivity index (χ3n) is 4.52. The van der Waals surface area contributed by atoms with Crippen molar-refractivity contribution < 1.29 is 9.53 Å². The van der Waals surface area contributed by atoms with E-state index in [0.717, 1.165) is 50.7 Å². The number of benzene rings is 1. The summed E-state index contributed by atoms with van der Waals surface area (Å²) in [6.45, 7) is 5.74. The average molecular weight is 356 g/mol. The van der Waals surface area contributed by atoms with E-state index in [4.69, 9.17) is 4.74 Å². The molecule has 0 saturated carbocycles. The van der Waals surface area contributed by atoms with E-state index in [1.54, 1.807) is 7.11 Å². The minimum absolute atomic E-state index is 0.228. The second-order valence-electron chi connectivity index (χ2n) is 6.26. The van der Waals surface area contributed by atoms with Gasteiger partial charge in [0.25, 0.3) is 5.91 Å². The first kappa shape index (κ1) is 18.2. The van der Waals surface area contributed by atoms with Gasteiger partial charge in [0.2, 0.25) is 5.56 Å². The molecule has 1 aliphatic heterocycles. The Morgan fingerprint density at radius 2 is 1.85 bits per heavy atom. The van der Waals surface area contributed by atoms with Crippen LogP contribution in [0.3, 0.4) is 0 Å². The van der Waals surface area contributed by atoms with Gasteiger partial charge < -0.3 is 19.9 Å². The summed E-state index contributed by atoms with van der Waals surface area (Å²) in [7, 11) is 1.73. The second-order valence-corrected chi connectivity index (χ2v) is 6.26. The largest absolute Gasteiger partial charge is 0.383 e. The van der Waals surface area contributed by atoms with Gasteiger partial charge in [-0.2, -0.15) is 0 Å². The van der Waals surface area contributed by atoms with E-state index < -0.39 is 0 Å². The van der Waals surface area contributed by atoms with Crippen molar-refractivity contribution in [3.8, 4) is 0 Å². The van der Waals surface area contributed by atoms with Crippen LogP contribution in [0.5, 0.6) is 0 Å². The number of rotatable bonds is 6. The summed E-state index contributed by atoms with van der Waals surface area (Å²) in [6.07, 6.45) is 1.41.